The summed E-state index contributed by atoms with van der Waals surface area (Å²) in [5.41, 5.74) is 2.94. The van der Waals surface area contributed by atoms with Gasteiger partial charge in [0.15, 0.2) is 12.4 Å². The molecule has 0 aliphatic heterocycles. The molecule has 21 heavy (non-hydrogen) atoms. The molecule has 0 aliphatic rings. The van der Waals surface area contributed by atoms with Crippen LogP contribution in [0.2, 0.25) is 0 Å². The zero-order chi connectivity index (χ0) is 16.1. The molecule has 2 rings (SSSR count). The number of aldehydes is 1. The van der Waals surface area contributed by atoms with Gasteiger partial charge in [0, 0.05) is 17.7 Å². The zero-order valence-corrected chi connectivity index (χ0v) is 13.1. The monoisotopic (exact) mass is 282 g/mol. The van der Waals surface area contributed by atoms with Crippen molar-refractivity contribution in [3.63, 3.8) is 0 Å². The average Bonchev–Trinajstić information content (AvgIpc) is 2.58. The van der Waals surface area contributed by atoms with Gasteiger partial charge in [-0.15, -0.1) is 13.2 Å². The van der Waals surface area contributed by atoms with Gasteiger partial charge in [-0.25, -0.2) is 4.57 Å². The van der Waals surface area contributed by atoms with E-state index in [2.05, 4.69) is 31.4 Å². The van der Waals surface area contributed by atoms with E-state index in [9.17, 15) is 4.79 Å². The van der Waals surface area contributed by atoms with Gasteiger partial charge >= 0.3 is 0 Å². The number of aromatic nitrogens is 1. The van der Waals surface area contributed by atoms with Gasteiger partial charge in [0.1, 0.15) is 13.3 Å². The second-order valence-corrected chi connectivity index (χ2v) is 3.91. The van der Waals surface area contributed by atoms with Crippen LogP contribution in [0.25, 0.3) is 12.2 Å². The largest absolute Gasteiger partial charge is 0.298 e. The van der Waals surface area contributed by atoms with Crippen LogP contribution in [-0.2, 0) is 7.05 Å². The molecule has 0 amide bonds. The van der Waals surface area contributed by atoms with Crippen LogP contribution >= 0.6 is 0 Å². The highest BCUT2D eigenvalue weighted by Crippen LogP contribution is 2.08. The molecule has 0 unspecified atom stereocenters. The molecule has 0 bridgehead atoms. The fourth-order valence-corrected chi connectivity index (χ4v) is 1.50. The van der Waals surface area contributed by atoms with E-state index in [0.29, 0.717) is 5.56 Å². The maximum absolute atomic E-state index is 10.5. The summed E-state index contributed by atoms with van der Waals surface area (Å²) in [7, 11) is 1.99. The third kappa shape index (κ3) is 7.02. The van der Waals surface area contributed by atoms with E-state index >= 15 is 0 Å². The molecule has 1 aromatic heterocycles. The number of nitrogens with zero attached hydrogens (tertiary/aromatic N) is 1. The molecule has 1 aromatic carbocycles. The lowest BCUT2D eigenvalue weighted by Crippen LogP contribution is -2.25. The number of benzene rings is 1. The fraction of sp³-hybridized carbons (Fsp3) is 0.158. The summed E-state index contributed by atoms with van der Waals surface area (Å²) < 4.78 is 2.00. The molecule has 0 aliphatic carbocycles. The number of hydrogen-bond acceptors (Lipinski definition) is 1. The van der Waals surface area contributed by atoms with Crippen molar-refractivity contribution in [2.45, 2.75) is 13.8 Å². The Balaban J connectivity index is 0.000000921. The Morgan fingerprint density at radius 2 is 1.19 bits per heavy atom. The minimum Gasteiger partial charge on any atom is -0.298 e. The Kier molecular flexibility index (Phi) is 10.0. The van der Waals surface area contributed by atoms with Gasteiger partial charge in [-0.3, -0.25) is 4.79 Å². The summed E-state index contributed by atoms with van der Waals surface area (Å²) in [5.74, 6) is 0. The molecule has 110 valence electrons. The highest BCUT2D eigenvalue weighted by molar-refractivity contribution is 5.76. The first kappa shape index (κ1) is 18.5. The molecular formula is C19H24NO+. The lowest BCUT2D eigenvalue weighted by atomic mass is 10.1. The Labute approximate surface area is 128 Å². The molecule has 0 radical (unpaired) electrons. The van der Waals surface area contributed by atoms with Gasteiger partial charge in [0.05, 0.1) is 0 Å². The van der Waals surface area contributed by atoms with Crippen molar-refractivity contribution in [2.75, 3.05) is 0 Å². The predicted molar refractivity (Wildman–Crippen MR) is 91.0 cm³/mol. The normalized spacial score (nSPS) is 9.10. The van der Waals surface area contributed by atoms with Gasteiger partial charge in [-0.1, -0.05) is 50.3 Å². The highest BCUT2D eigenvalue weighted by Gasteiger charge is 1.92. The van der Waals surface area contributed by atoms with E-state index in [0.717, 1.165) is 17.4 Å². The Morgan fingerprint density at radius 3 is 1.62 bits per heavy atom. The van der Waals surface area contributed by atoms with Crippen molar-refractivity contribution in [3.8, 4) is 0 Å². The van der Waals surface area contributed by atoms with Crippen LogP contribution in [0.3, 0.4) is 0 Å². The minimum atomic E-state index is 0.703. The third-order valence-electron chi connectivity index (χ3n) is 2.55. The summed E-state index contributed by atoms with van der Waals surface area (Å²) in [6.45, 7) is 10.0. The predicted octanol–water partition coefficient (Wildman–Crippen LogP) is 4.32. The van der Waals surface area contributed by atoms with Crippen LogP contribution in [-0.4, -0.2) is 6.29 Å². The molecule has 0 spiro atoms. The molecule has 0 N–H and O–H groups in total. The van der Waals surface area contributed by atoms with E-state index in [1.54, 1.807) is 0 Å². The van der Waals surface area contributed by atoms with Crippen LogP contribution in [0.15, 0.2) is 61.9 Å². The van der Waals surface area contributed by atoms with E-state index in [4.69, 9.17) is 0 Å². The van der Waals surface area contributed by atoms with Crippen LogP contribution in [0, 0.1) is 0 Å². The Morgan fingerprint density at radius 1 is 0.810 bits per heavy atom. The number of hydrogen-bond donors (Lipinski definition) is 0. The first-order valence-electron chi connectivity index (χ1n) is 6.96. The van der Waals surface area contributed by atoms with E-state index in [1.807, 2.05) is 68.2 Å². The topological polar surface area (TPSA) is 20.9 Å². The SMILES string of the molecule is C=C.CC.C[n+]1ccc(/C=C/c2ccc(C=O)cc2)cc1. The van der Waals surface area contributed by atoms with Crippen molar-refractivity contribution in [1.82, 2.24) is 0 Å². The maximum Gasteiger partial charge on any atom is 0.169 e. The number of carbonyl (C=O) groups excluding carboxylic acids is 1. The first-order chi connectivity index (χ1) is 10.3. The van der Waals surface area contributed by atoms with Crippen molar-refractivity contribution >= 4 is 18.4 Å². The van der Waals surface area contributed by atoms with Crippen LogP contribution in [0.5, 0.6) is 0 Å². The number of pyridine rings is 1. The smallest absolute Gasteiger partial charge is 0.169 e. The number of carbonyl (C=O) groups is 1. The van der Waals surface area contributed by atoms with E-state index in [1.165, 1.54) is 0 Å². The van der Waals surface area contributed by atoms with Gasteiger partial charge in [0.2, 0.25) is 0 Å². The summed E-state index contributed by atoms with van der Waals surface area (Å²) in [6, 6.07) is 11.6. The van der Waals surface area contributed by atoms with Crippen molar-refractivity contribution in [1.29, 1.82) is 0 Å². The molecule has 2 heteroatoms. The Hall–Kier alpha value is -2.48. The van der Waals surface area contributed by atoms with Crippen LogP contribution in [0.1, 0.15) is 35.3 Å². The summed E-state index contributed by atoms with van der Waals surface area (Å²) in [4.78, 5) is 10.5. The Bertz CT molecular complexity index is 539. The second-order valence-electron chi connectivity index (χ2n) is 3.91. The molecule has 1 heterocycles. The van der Waals surface area contributed by atoms with Crippen LogP contribution < -0.4 is 4.57 Å². The lowest BCUT2D eigenvalue weighted by molar-refractivity contribution is -0.671. The van der Waals surface area contributed by atoms with Crippen molar-refractivity contribution in [3.05, 3.63) is 78.6 Å². The van der Waals surface area contributed by atoms with Crippen molar-refractivity contribution in [2.24, 2.45) is 7.05 Å². The maximum atomic E-state index is 10.5. The molecule has 0 saturated carbocycles. The average molecular weight is 282 g/mol. The van der Waals surface area contributed by atoms with Gasteiger partial charge in [0.25, 0.3) is 0 Å². The second kappa shape index (κ2) is 11.4. The lowest BCUT2D eigenvalue weighted by Gasteiger charge is -1.94. The fourth-order valence-electron chi connectivity index (χ4n) is 1.50. The summed E-state index contributed by atoms with van der Waals surface area (Å²) in [5, 5.41) is 0. The molecule has 0 atom stereocenters. The van der Waals surface area contributed by atoms with E-state index < -0.39 is 0 Å². The molecule has 0 fully saturated rings. The summed E-state index contributed by atoms with van der Waals surface area (Å²) >= 11 is 0. The van der Waals surface area contributed by atoms with Gasteiger partial charge in [-0.05, 0) is 11.1 Å². The van der Waals surface area contributed by atoms with Gasteiger partial charge in [-0.2, -0.15) is 0 Å². The standard InChI is InChI=1S/C15H14NO.C2H6.C2H4/c1-16-10-8-14(9-11-16)3-2-13-4-6-15(12-17)7-5-13;2*1-2/h2-12H,1H3;1-2H3;1-2H2/q+1;;/b3-2+;;. The van der Waals surface area contributed by atoms with Gasteiger partial charge < -0.3 is 0 Å². The molecule has 2 nitrogen and oxygen atoms in total. The molecule has 2 aromatic rings. The van der Waals surface area contributed by atoms with E-state index in [-0.39, 0.29) is 0 Å². The zero-order valence-electron chi connectivity index (χ0n) is 13.1. The van der Waals surface area contributed by atoms with Crippen LogP contribution in [0.4, 0.5) is 0 Å². The quantitative estimate of drug-likeness (QED) is 0.466. The number of rotatable bonds is 3. The highest BCUT2D eigenvalue weighted by atomic mass is 16.1. The number of aryl methyl sites for hydroxylation is 1. The summed E-state index contributed by atoms with van der Waals surface area (Å²) in [6.07, 6.45) is 8.95. The van der Waals surface area contributed by atoms with Crippen molar-refractivity contribution < 1.29 is 9.36 Å². The molecular weight excluding hydrogens is 258 g/mol. The third-order valence-corrected chi connectivity index (χ3v) is 2.55. The molecule has 0 saturated heterocycles. The first-order valence-corrected chi connectivity index (χ1v) is 6.96. The minimum absolute atomic E-state index is 0.703.